The minimum atomic E-state index is -0.630. The van der Waals surface area contributed by atoms with Crippen LogP contribution in [-0.2, 0) is 33.2 Å². The van der Waals surface area contributed by atoms with E-state index in [0.29, 0.717) is 13.2 Å². The molecule has 6 saturated heterocycles. The van der Waals surface area contributed by atoms with Crippen LogP contribution >= 0.6 is 0 Å². The van der Waals surface area contributed by atoms with Gasteiger partial charge in [0.2, 0.25) is 0 Å². The third-order valence-electron chi connectivity index (χ3n) is 7.17. The van der Waals surface area contributed by atoms with Gasteiger partial charge in [-0.3, -0.25) is 18.9 Å². The van der Waals surface area contributed by atoms with Gasteiger partial charge in [0.25, 0.3) is 11.6 Å². The minimum absolute atomic E-state index is 0.0437. The average Bonchev–Trinajstić information content (AvgIpc) is 3.55. The monoisotopic (exact) mass is 452 g/mol. The first-order valence-electron chi connectivity index (χ1n) is 11.4. The van der Waals surface area contributed by atoms with Crippen molar-refractivity contribution in [1.29, 1.82) is 0 Å². The number of ether oxygens (including phenoxy) is 7. The first-order chi connectivity index (χ1) is 15.9. The molecule has 0 radical (unpaired) electrons. The van der Waals surface area contributed by atoms with E-state index >= 15 is 0 Å². The van der Waals surface area contributed by atoms with E-state index in [1.54, 1.807) is 0 Å². The lowest BCUT2D eigenvalue weighted by molar-refractivity contribution is -0.0779. The summed E-state index contributed by atoms with van der Waals surface area (Å²) < 4.78 is 39.8. The summed E-state index contributed by atoms with van der Waals surface area (Å²) in [4.78, 5) is 0. The summed E-state index contributed by atoms with van der Waals surface area (Å²) in [6, 6.07) is 16.3. The number of nitrogens with one attached hydrogen (secondary N) is 2. The van der Waals surface area contributed by atoms with Crippen LogP contribution in [0.4, 0.5) is 11.4 Å². The second-order valence-electron chi connectivity index (χ2n) is 9.75. The third kappa shape index (κ3) is 2.98. The number of hydrogen-bond donors (Lipinski definition) is 2. The molecule has 172 valence electrons. The SMILES string of the molecule is CC12OC1(Nc1ccc(C(OC(c3ccc(NC45OC4(C)O5)cc3)C3CO3)C3CO3)cc1)O2. The molecule has 0 saturated carbocycles. The van der Waals surface area contributed by atoms with Crippen molar-refractivity contribution in [2.75, 3.05) is 23.8 Å². The molecular formula is C24H24N2O7. The second-order valence-corrected chi connectivity index (χ2v) is 9.75. The van der Waals surface area contributed by atoms with Gasteiger partial charge in [0.15, 0.2) is 0 Å². The molecule has 8 rings (SSSR count). The third-order valence-corrected chi connectivity index (χ3v) is 7.17. The van der Waals surface area contributed by atoms with E-state index in [-0.39, 0.29) is 24.4 Å². The van der Waals surface area contributed by atoms with Crippen molar-refractivity contribution in [3.8, 4) is 0 Å². The Labute approximate surface area is 190 Å². The lowest BCUT2D eigenvalue weighted by Gasteiger charge is -2.24. The fraction of sp³-hybridized carbons (Fsp3) is 0.500. The van der Waals surface area contributed by atoms with Crippen molar-refractivity contribution in [2.45, 2.75) is 61.7 Å². The Morgan fingerprint density at radius 1 is 0.697 bits per heavy atom. The Morgan fingerprint density at radius 2 is 1.03 bits per heavy atom. The van der Waals surface area contributed by atoms with Gasteiger partial charge in [-0.25, -0.2) is 0 Å². The zero-order valence-corrected chi connectivity index (χ0v) is 18.2. The zero-order chi connectivity index (χ0) is 22.1. The highest BCUT2D eigenvalue weighted by atomic mass is 17.1. The summed E-state index contributed by atoms with van der Waals surface area (Å²) in [6.07, 6.45) is -0.268. The average molecular weight is 452 g/mol. The normalized spacial score (nSPS) is 44.1. The van der Waals surface area contributed by atoms with Gasteiger partial charge in [0.1, 0.15) is 24.4 Å². The highest BCUT2D eigenvalue weighted by Crippen LogP contribution is 2.67. The molecule has 6 heterocycles. The highest BCUT2D eigenvalue weighted by molar-refractivity contribution is 5.51. The fourth-order valence-electron chi connectivity index (χ4n) is 4.61. The number of fused-ring (bicyclic) bond motifs is 2. The molecule has 0 amide bonds. The number of anilines is 2. The summed E-state index contributed by atoms with van der Waals surface area (Å²) in [7, 11) is 0. The molecule has 2 aromatic carbocycles. The predicted molar refractivity (Wildman–Crippen MR) is 113 cm³/mol. The van der Waals surface area contributed by atoms with E-state index < -0.39 is 23.4 Å². The van der Waals surface area contributed by atoms with Crippen LogP contribution < -0.4 is 10.6 Å². The van der Waals surface area contributed by atoms with Crippen molar-refractivity contribution >= 4 is 11.4 Å². The van der Waals surface area contributed by atoms with Crippen LogP contribution in [0, 0.1) is 0 Å². The van der Waals surface area contributed by atoms with Gasteiger partial charge >= 0.3 is 11.8 Å². The van der Waals surface area contributed by atoms with Crippen LogP contribution in [0.15, 0.2) is 48.5 Å². The summed E-state index contributed by atoms with van der Waals surface area (Å²) >= 11 is 0. The van der Waals surface area contributed by atoms with E-state index in [9.17, 15) is 0 Å². The summed E-state index contributed by atoms with van der Waals surface area (Å²) in [5.74, 6) is -2.18. The van der Waals surface area contributed by atoms with Gasteiger partial charge in [-0.1, -0.05) is 24.3 Å². The molecule has 9 nitrogen and oxygen atoms in total. The quantitative estimate of drug-likeness (QED) is 0.526. The first-order valence-corrected chi connectivity index (χ1v) is 11.4. The highest BCUT2D eigenvalue weighted by Gasteiger charge is 2.90. The fourth-order valence-corrected chi connectivity index (χ4v) is 4.61. The Hall–Kier alpha value is -2.24. The van der Waals surface area contributed by atoms with E-state index in [0.717, 1.165) is 22.5 Å². The standard InChI is InChI=1S/C24H24N2O7/c1-21-23(30-21,31-21)25-15-7-3-13(4-8-15)19(17-11-27-17)29-20(18-12-28-18)14-5-9-16(10-6-14)26-24-22(2,32-24)33-24/h3-10,17-20,25-26H,11-12H2,1-2H3. The largest absolute Gasteiger partial charge is 0.370 e. The number of epoxide rings is 6. The molecule has 4 atom stereocenters. The zero-order valence-electron chi connectivity index (χ0n) is 18.2. The maximum absolute atomic E-state index is 6.64. The summed E-state index contributed by atoms with van der Waals surface area (Å²) in [6.45, 7) is 5.22. The van der Waals surface area contributed by atoms with Crippen LogP contribution in [0.1, 0.15) is 37.2 Å². The van der Waals surface area contributed by atoms with Crippen molar-refractivity contribution in [2.24, 2.45) is 0 Å². The summed E-state index contributed by atoms with van der Waals surface area (Å²) in [5, 5.41) is 6.57. The lowest BCUT2D eigenvalue weighted by Crippen LogP contribution is -2.19. The number of hydrogen-bond acceptors (Lipinski definition) is 9. The molecular weight excluding hydrogens is 428 g/mol. The molecule has 0 aromatic heterocycles. The van der Waals surface area contributed by atoms with Crippen molar-refractivity contribution in [3.63, 3.8) is 0 Å². The molecule has 0 aliphatic carbocycles. The second kappa shape index (κ2) is 5.87. The molecule has 0 spiro atoms. The van der Waals surface area contributed by atoms with Crippen LogP contribution in [0.2, 0.25) is 0 Å². The maximum Gasteiger partial charge on any atom is 0.311 e. The number of benzene rings is 2. The topological polar surface area (TPSA) is 108 Å². The maximum atomic E-state index is 6.64. The first kappa shape index (κ1) is 19.1. The molecule has 6 aliphatic rings. The van der Waals surface area contributed by atoms with Crippen molar-refractivity contribution < 1.29 is 33.2 Å². The van der Waals surface area contributed by atoms with Gasteiger partial charge in [-0.05, 0) is 49.2 Å². The van der Waals surface area contributed by atoms with Crippen molar-refractivity contribution in [3.05, 3.63) is 59.7 Å². The Bertz CT molecular complexity index is 1030. The van der Waals surface area contributed by atoms with E-state index in [4.69, 9.17) is 33.2 Å². The summed E-state index contributed by atoms with van der Waals surface area (Å²) in [5.41, 5.74) is 4.01. The van der Waals surface area contributed by atoms with E-state index in [2.05, 4.69) is 34.9 Å². The van der Waals surface area contributed by atoms with Gasteiger partial charge in [-0.15, -0.1) is 0 Å². The molecule has 6 aliphatic heterocycles. The molecule has 0 bridgehead atoms. The smallest absolute Gasteiger partial charge is 0.311 e. The predicted octanol–water partition coefficient (Wildman–Crippen LogP) is 2.97. The Kier molecular flexibility index (Phi) is 3.40. The molecule has 6 fully saturated rings. The molecule has 9 heteroatoms. The van der Waals surface area contributed by atoms with Crippen LogP contribution in [0.25, 0.3) is 0 Å². The van der Waals surface area contributed by atoms with Crippen LogP contribution in [0.5, 0.6) is 0 Å². The van der Waals surface area contributed by atoms with Gasteiger partial charge < -0.3 is 24.8 Å². The van der Waals surface area contributed by atoms with Crippen LogP contribution in [-0.4, -0.2) is 48.8 Å². The van der Waals surface area contributed by atoms with Crippen LogP contribution in [0.3, 0.4) is 0 Å². The molecule has 2 aromatic rings. The number of rotatable bonds is 10. The Morgan fingerprint density at radius 3 is 1.30 bits per heavy atom. The lowest BCUT2D eigenvalue weighted by atomic mass is 10.0. The van der Waals surface area contributed by atoms with Crippen molar-refractivity contribution in [1.82, 2.24) is 0 Å². The molecule has 33 heavy (non-hydrogen) atoms. The van der Waals surface area contributed by atoms with E-state index in [1.807, 2.05) is 38.1 Å². The Balaban J connectivity index is 0.986. The van der Waals surface area contributed by atoms with Gasteiger partial charge in [-0.2, -0.15) is 0 Å². The minimum Gasteiger partial charge on any atom is -0.370 e. The molecule has 2 N–H and O–H groups in total. The van der Waals surface area contributed by atoms with Gasteiger partial charge in [0, 0.05) is 11.4 Å². The van der Waals surface area contributed by atoms with Gasteiger partial charge in [0.05, 0.1) is 13.2 Å². The molecule has 4 unspecified atom stereocenters. The van der Waals surface area contributed by atoms with E-state index in [1.165, 1.54) is 0 Å².